The van der Waals surface area contributed by atoms with Gasteiger partial charge >= 0.3 is 0 Å². The van der Waals surface area contributed by atoms with Crippen LogP contribution in [-0.2, 0) is 14.6 Å². The number of likely N-dealkylation sites (N-methyl/N-ethyl adjacent to an activating group) is 1. The Balaban J connectivity index is 1.92. The number of nitrogens with one attached hydrogen (secondary N) is 1. The zero-order valence-electron chi connectivity index (χ0n) is 11.5. The third-order valence-electron chi connectivity index (χ3n) is 3.37. The molecule has 0 spiro atoms. The second-order valence-corrected chi connectivity index (χ2v) is 8.28. The number of halogens is 2. The van der Waals surface area contributed by atoms with Crippen LogP contribution < -0.4 is 5.32 Å². The lowest BCUT2D eigenvalue weighted by molar-refractivity contribution is -0.117. The third kappa shape index (κ3) is 4.85. The molecule has 1 fully saturated rings. The van der Waals surface area contributed by atoms with Crippen LogP contribution in [0.4, 0.5) is 5.69 Å². The van der Waals surface area contributed by atoms with Gasteiger partial charge in [-0.05, 0) is 31.7 Å². The molecule has 8 heteroatoms. The van der Waals surface area contributed by atoms with Crippen molar-refractivity contribution in [3.63, 3.8) is 0 Å². The maximum absolute atomic E-state index is 12.0. The van der Waals surface area contributed by atoms with E-state index in [4.69, 9.17) is 23.2 Å². The minimum absolute atomic E-state index is 0.108. The SMILES string of the molecule is CN(CC(=O)Nc1cc(Cl)cc(Cl)c1)C1CCS(=O)(=O)C1. The van der Waals surface area contributed by atoms with Gasteiger partial charge in [-0.25, -0.2) is 8.42 Å². The predicted octanol–water partition coefficient (Wildman–Crippen LogP) is 2.05. The molecule has 21 heavy (non-hydrogen) atoms. The van der Waals surface area contributed by atoms with Crippen LogP contribution >= 0.6 is 23.2 Å². The molecule has 1 aliphatic rings. The topological polar surface area (TPSA) is 66.5 Å². The van der Waals surface area contributed by atoms with E-state index in [-0.39, 0.29) is 30.0 Å². The Morgan fingerprint density at radius 1 is 1.33 bits per heavy atom. The van der Waals surface area contributed by atoms with Gasteiger partial charge in [0.1, 0.15) is 0 Å². The van der Waals surface area contributed by atoms with Crippen molar-refractivity contribution >= 4 is 44.6 Å². The Labute approximate surface area is 134 Å². The summed E-state index contributed by atoms with van der Waals surface area (Å²) in [6, 6.07) is 4.68. The number of anilines is 1. The number of hydrogen-bond acceptors (Lipinski definition) is 4. The highest BCUT2D eigenvalue weighted by Crippen LogP contribution is 2.22. The van der Waals surface area contributed by atoms with E-state index in [1.165, 1.54) is 0 Å². The molecule has 1 N–H and O–H groups in total. The van der Waals surface area contributed by atoms with Crippen LogP contribution in [0.5, 0.6) is 0 Å². The Hall–Kier alpha value is -0.820. The van der Waals surface area contributed by atoms with Crippen molar-refractivity contribution in [1.29, 1.82) is 0 Å². The molecule has 1 aromatic carbocycles. The first kappa shape index (κ1) is 16.5. The summed E-state index contributed by atoms with van der Waals surface area (Å²) < 4.78 is 22.9. The van der Waals surface area contributed by atoms with Crippen LogP contribution in [0, 0.1) is 0 Å². The van der Waals surface area contributed by atoms with Gasteiger partial charge in [0.15, 0.2) is 9.84 Å². The fraction of sp³-hybridized carbons (Fsp3) is 0.462. The normalized spacial score (nSPS) is 20.7. The fourth-order valence-electron chi connectivity index (χ4n) is 2.31. The lowest BCUT2D eigenvalue weighted by Gasteiger charge is -2.22. The van der Waals surface area contributed by atoms with Crippen LogP contribution in [0.3, 0.4) is 0 Å². The molecule has 116 valence electrons. The first-order valence-electron chi connectivity index (χ1n) is 6.42. The molecule has 0 saturated carbocycles. The number of nitrogens with zero attached hydrogens (tertiary/aromatic N) is 1. The standard InChI is InChI=1S/C13H16Cl2N2O3S/c1-17(12-2-3-21(19,20)8-12)7-13(18)16-11-5-9(14)4-10(15)6-11/h4-6,12H,2-3,7-8H2,1H3,(H,16,18). The lowest BCUT2D eigenvalue weighted by atomic mass is 10.2. The van der Waals surface area contributed by atoms with Gasteiger partial charge in [-0.1, -0.05) is 23.2 Å². The number of benzene rings is 1. The van der Waals surface area contributed by atoms with Gasteiger partial charge < -0.3 is 5.32 Å². The molecule has 5 nitrogen and oxygen atoms in total. The van der Waals surface area contributed by atoms with E-state index >= 15 is 0 Å². The number of rotatable bonds is 4. The third-order valence-corrected chi connectivity index (χ3v) is 5.56. The van der Waals surface area contributed by atoms with Crippen LogP contribution in [0.2, 0.25) is 10.0 Å². The van der Waals surface area contributed by atoms with E-state index in [2.05, 4.69) is 5.32 Å². The van der Waals surface area contributed by atoms with Crippen molar-refractivity contribution < 1.29 is 13.2 Å². The number of amides is 1. The predicted molar refractivity (Wildman–Crippen MR) is 84.8 cm³/mol. The largest absolute Gasteiger partial charge is 0.325 e. The van der Waals surface area contributed by atoms with Crippen molar-refractivity contribution in [2.24, 2.45) is 0 Å². The van der Waals surface area contributed by atoms with Crippen LogP contribution in [0.1, 0.15) is 6.42 Å². The summed E-state index contributed by atoms with van der Waals surface area (Å²) in [5.41, 5.74) is 0.518. The minimum atomic E-state index is -2.95. The van der Waals surface area contributed by atoms with Crippen molar-refractivity contribution in [3.8, 4) is 0 Å². The van der Waals surface area contributed by atoms with Crippen LogP contribution in [0.15, 0.2) is 18.2 Å². The molecule has 1 heterocycles. The summed E-state index contributed by atoms with van der Waals surface area (Å²) in [4.78, 5) is 13.7. The van der Waals surface area contributed by atoms with Crippen molar-refractivity contribution in [3.05, 3.63) is 28.2 Å². The molecule has 0 radical (unpaired) electrons. The summed E-state index contributed by atoms with van der Waals surface area (Å²) in [6.45, 7) is 0.115. The first-order chi connectivity index (χ1) is 9.75. The van der Waals surface area contributed by atoms with E-state index in [0.29, 0.717) is 22.2 Å². The number of sulfone groups is 1. The Kier molecular flexibility index (Phi) is 5.14. The number of carbonyl (C=O) groups is 1. The molecule has 1 amide bonds. The van der Waals surface area contributed by atoms with Gasteiger partial charge in [0.25, 0.3) is 0 Å². The van der Waals surface area contributed by atoms with Crippen molar-refractivity contribution in [1.82, 2.24) is 4.90 Å². The fourth-order valence-corrected chi connectivity index (χ4v) is 4.64. The molecule has 1 aromatic rings. The highest BCUT2D eigenvalue weighted by Gasteiger charge is 2.31. The zero-order valence-corrected chi connectivity index (χ0v) is 13.8. The Morgan fingerprint density at radius 2 is 1.95 bits per heavy atom. The average molecular weight is 351 g/mol. The van der Waals surface area contributed by atoms with Gasteiger partial charge in [-0.15, -0.1) is 0 Å². The maximum Gasteiger partial charge on any atom is 0.238 e. The quantitative estimate of drug-likeness (QED) is 0.902. The number of carbonyl (C=O) groups excluding carboxylic acids is 1. The van der Waals surface area contributed by atoms with Gasteiger partial charge in [-0.3, -0.25) is 9.69 Å². The molecular weight excluding hydrogens is 335 g/mol. The second-order valence-electron chi connectivity index (χ2n) is 5.18. The van der Waals surface area contributed by atoms with Crippen LogP contribution in [0.25, 0.3) is 0 Å². The highest BCUT2D eigenvalue weighted by atomic mass is 35.5. The maximum atomic E-state index is 12.0. The summed E-state index contributed by atoms with van der Waals surface area (Å²) in [6.07, 6.45) is 0.565. The zero-order chi connectivity index (χ0) is 15.6. The Morgan fingerprint density at radius 3 is 2.48 bits per heavy atom. The molecular formula is C13H16Cl2N2O3S. The van der Waals surface area contributed by atoms with Gasteiger partial charge in [0.2, 0.25) is 5.91 Å². The molecule has 2 rings (SSSR count). The molecule has 1 saturated heterocycles. The van der Waals surface area contributed by atoms with E-state index < -0.39 is 9.84 Å². The molecule has 0 bridgehead atoms. The van der Waals surface area contributed by atoms with E-state index in [1.807, 2.05) is 0 Å². The van der Waals surface area contributed by atoms with E-state index in [1.54, 1.807) is 30.1 Å². The van der Waals surface area contributed by atoms with E-state index in [9.17, 15) is 13.2 Å². The summed E-state index contributed by atoms with van der Waals surface area (Å²) in [7, 11) is -1.21. The minimum Gasteiger partial charge on any atom is -0.325 e. The highest BCUT2D eigenvalue weighted by molar-refractivity contribution is 7.91. The molecule has 1 atom stereocenters. The summed E-state index contributed by atoms with van der Waals surface area (Å²) in [5.74, 6) is 0.0629. The monoisotopic (exact) mass is 350 g/mol. The van der Waals surface area contributed by atoms with Gasteiger partial charge in [0.05, 0.1) is 18.1 Å². The lowest BCUT2D eigenvalue weighted by Crippen LogP contribution is -2.38. The smallest absolute Gasteiger partial charge is 0.238 e. The second kappa shape index (κ2) is 6.52. The van der Waals surface area contributed by atoms with Crippen LogP contribution in [-0.4, -0.2) is 50.4 Å². The van der Waals surface area contributed by atoms with Crippen molar-refractivity contribution in [2.75, 3.05) is 30.4 Å². The number of hydrogen-bond donors (Lipinski definition) is 1. The van der Waals surface area contributed by atoms with Gasteiger partial charge in [0, 0.05) is 21.8 Å². The average Bonchev–Trinajstić information content (AvgIpc) is 2.68. The summed E-state index contributed by atoms with van der Waals surface area (Å²) >= 11 is 11.7. The molecule has 0 aliphatic carbocycles. The van der Waals surface area contributed by atoms with Crippen molar-refractivity contribution in [2.45, 2.75) is 12.5 Å². The molecule has 1 unspecified atom stereocenters. The van der Waals surface area contributed by atoms with Gasteiger partial charge in [-0.2, -0.15) is 0 Å². The van der Waals surface area contributed by atoms with E-state index in [0.717, 1.165) is 0 Å². The first-order valence-corrected chi connectivity index (χ1v) is 8.99. The Bertz CT molecular complexity index is 629. The molecule has 1 aliphatic heterocycles. The molecule has 0 aromatic heterocycles. The summed E-state index contributed by atoms with van der Waals surface area (Å²) in [5, 5.41) is 3.58.